The predicted octanol–water partition coefficient (Wildman–Crippen LogP) is 2.84. The van der Waals surface area contributed by atoms with Gasteiger partial charge in [-0.25, -0.2) is 4.79 Å². The summed E-state index contributed by atoms with van der Waals surface area (Å²) in [5.74, 6) is 6.25. The number of hydrogen-bond donors (Lipinski definition) is 1. The van der Waals surface area contributed by atoms with Crippen LogP contribution in [0.5, 0.6) is 5.75 Å². The first-order valence-electron chi connectivity index (χ1n) is 7.24. The summed E-state index contributed by atoms with van der Waals surface area (Å²) in [5, 5.41) is 11.5. The van der Waals surface area contributed by atoms with E-state index < -0.39 is 6.09 Å². The van der Waals surface area contributed by atoms with Crippen LogP contribution in [0.2, 0.25) is 0 Å². The maximum atomic E-state index is 11.6. The molecule has 0 aromatic heterocycles. The molecule has 0 bridgehead atoms. The highest BCUT2D eigenvalue weighted by Crippen LogP contribution is 2.18. The molecule has 1 N–H and O–H groups in total. The van der Waals surface area contributed by atoms with Gasteiger partial charge in [-0.1, -0.05) is 42.2 Å². The molecule has 120 valence electrons. The maximum Gasteiger partial charge on any atom is 0.408 e. The summed E-state index contributed by atoms with van der Waals surface area (Å²) in [7, 11) is 1.53. The average molecular weight is 320 g/mol. The molecule has 0 radical (unpaired) electrons. The summed E-state index contributed by atoms with van der Waals surface area (Å²) in [5.41, 5.74) is 2.00. The minimum absolute atomic E-state index is 0.132. The van der Waals surface area contributed by atoms with Gasteiger partial charge in [0, 0.05) is 0 Å². The van der Waals surface area contributed by atoms with Gasteiger partial charge in [0.1, 0.15) is 12.4 Å². The number of nitrogens with one attached hydrogen (secondary N) is 1. The molecule has 0 aliphatic heterocycles. The molecule has 0 atom stereocenters. The lowest BCUT2D eigenvalue weighted by Crippen LogP contribution is -2.24. The Morgan fingerprint density at radius 2 is 2.00 bits per heavy atom. The minimum atomic E-state index is -0.536. The van der Waals surface area contributed by atoms with Gasteiger partial charge in [-0.15, -0.1) is 0 Å². The van der Waals surface area contributed by atoms with Gasteiger partial charge in [-0.05, 0) is 23.8 Å². The summed E-state index contributed by atoms with van der Waals surface area (Å²) in [4.78, 5) is 11.6. The number of amides is 1. The first-order valence-corrected chi connectivity index (χ1v) is 7.24. The van der Waals surface area contributed by atoms with Crippen LogP contribution in [0, 0.1) is 23.2 Å². The summed E-state index contributed by atoms with van der Waals surface area (Å²) in [6, 6.07) is 16.4. The zero-order valence-corrected chi connectivity index (χ0v) is 13.2. The second-order valence-corrected chi connectivity index (χ2v) is 4.74. The van der Waals surface area contributed by atoms with Crippen molar-refractivity contribution in [2.75, 3.05) is 13.7 Å². The van der Waals surface area contributed by atoms with Crippen molar-refractivity contribution in [3.63, 3.8) is 0 Å². The van der Waals surface area contributed by atoms with Crippen LogP contribution >= 0.6 is 0 Å². The zero-order chi connectivity index (χ0) is 17.2. The quantitative estimate of drug-likeness (QED) is 0.879. The number of nitriles is 1. The van der Waals surface area contributed by atoms with Gasteiger partial charge in [0.2, 0.25) is 0 Å². The molecule has 0 aliphatic rings. The van der Waals surface area contributed by atoms with Crippen LogP contribution in [-0.4, -0.2) is 19.7 Å². The highest BCUT2D eigenvalue weighted by Gasteiger charge is 2.02. The van der Waals surface area contributed by atoms with Crippen LogP contribution in [-0.2, 0) is 11.3 Å². The van der Waals surface area contributed by atoms with E-state index in [4.69, 9.17) is 14.7 Å². The lowest BCUT2D eigenvalue weighted by Gasteiger charge is -2.05. The molecule has 1 amide bonds. The molecule has 24 heavy (non-hydrogen) atoms. The average Bonchev–Trinajstić information content (AvgIpc) is 2.64. The minimum Gasteiger partial charge on any atom is -0.495 e. The molecular weight excluding hydrogens is 304 g/mol. The van der Waals surface area contributed by atoms with E-state index in [1.165, 1.54) is 7.11 Å². The predicted molar refractivity (Wildman–Crippen MR) is 89.2 cm³/mol. The Hall–Kier alpha value is -3.44. The third-order valence-corrected chi connectivity index (χ3v) is 3.09. The normalized spacial score (nSPS) is 9.17. The Morgan fingerprint density at radius 1 is 1.21 bits per heavy atom. The number of nitrogens with zero attached hydrogens (tertiary/aromatic N) is 1. The van der Waals surface area contributed by atoms with E-state index in [9.17, 15) is 4.79 Å². The van der Waals surface area contributed by atoms with Gasteiger partial charge in [0.05, 0.1) is 30.9 Å². The van der Waals surface area contributed by atoms with Crippen LogP contribution in [0.25, 0.3) is 0 Å². The van der Waals surface area contributed by atoms with Crippen molar-refractivity contribution >= 4 is 6.09 Å². The summed E-state index contributed by atoms with van der Waals surface area (Å²) >= 11 is 0. The fraction of sp³-hybridized carbons (Fsp3) is 0.158. The highest BCUT2D eigenvalue weighted by molar-refractivity contribution is 5.67. The van der Waals surface area contributed by atoms with E-state index in [-0.39, 0.29) is 13.2 Å². The molecule has 0 unspecified atom stereocenters. The Morgan fingerprint density at radius 3 is 2.71 bits per heavy atom. The van der Waals surface area contributed by atoms with Crippen molar-refractivity contribution in [1.29, 1.82) is 5.26 Å². The first-order chi connectivity index (χ1) is 11.7. The van der Waals surface area contributed by atoms with E-state index in [1.807, 2.05) is 36.4 Å². The molecular formula is C19H16N2O3. The highest BCUT2D eigenvalue weighted by atomic mass is 16.5. The van der Waals surface area contributed by atoms with Gasteiger partial charge in [0.15, 0.2) is 0 Å². The van der Waals surface area contributed by atoms with Crippen molar-refractivity contribution in [2.24, 2.45) is 0 Å². The van der Waals surface area contributed by atoms with E-state index in [1.54, 1.807) is 18.2 Å². The number of carbonyl (C=O) groups is 1. The van der Waals surface area contributed by atoms with Crippen LogP contribution in [0.15, 0.2) is 48.5 Å². The van der Waals surface area contributed by atoms with Crippen LogP contribution in [0.1, 0.15) is 16.7 Å². The molecule has 0 fully saturated rings. The Bertz CT molecular complexity index is 799. The van der Waals surface area contributed by atoms with Crippen molar-refractivity contribution < 1.29 is 14.3 Å². The number of methoxy groups -OCH3 is 1. The van der Waals surface area contributed by atoms with Gasteiger partial charge in [-0.2, -0.15) is 5.26 Å². The lowest BCUT2D eigenvalue weighted by atomic mass is 10.1. The van der Waals surface area contributed by atoms with Crippen molar-refractivity contribution in [1.82, 2.24) is 5.32 Å². The topological polar surface area (TPSA) is 71.3 Å². The number of hydrogen-bond acceptors (Lipinski definition) is 4. The monoisotopic (exact) mass is 320 g/mol. The second-order valence-electron chi connectivity index (χ2n) is 4.74. The number of benzene rings is 2. The molecule has 0 saturated heterocycles. The molecule has 5 nitrogen and oxygen atoms in total. The molecule has 0 heterocycles. The molecule has 2 aromatic carbocycles. The number of alkyl carbamates (subject to hydrolysis) is 1. The molecule has 2 rings (SSSR count). The Balaban J connectivity index is 1.85. The van der Waals surface area contributed by atoms with Gasteiger partial charge in [0.25, 0.3) is 0 Å². The third kappa shape index (κ3) is 5.08. The fourth-order valence-electron chi connectivity index (χ4n) is 1.91. The third-order valence-electron chi connectivity index (χ3n) is 3.09. The fourth-order valence-corrected chi connectivity index (χ4v) is 1.91. The van der Waals surface area contributed by atoms with Crippen LogP contribution < -0.4 is 10.1 Å². The molecule has 2 aromatic rings. The number of ether oxygens (including phenoxy) is 2. The summed E-state index contributed by atoms with van der Waals surface area (Å²) in [6.45, 7) is 0.339. The van der Waals surface area contributed by atoms with Crippen molar-refractivity contribution in [3.05, 3.63) is 65.2 Å². The second kappa shape index (κ2) is 8.87. The van der Waals surface area contributed by atoms with Gasteiger partial charge in [-0.3, -0.25) is 0 Å². The Labute approximate surface area is 140 Å². The van der Waals surface area contributed by atoms with Crippen molar-refractivity contribution in [2.45, 2.75) is 6.61 Å². The largest absolute Gasteiger partial charge is 0.495 e. The number of rotatable bonds is 4. The van der Waals surface area contributed by atoms with Crippen molar-refractivity contribution in [3.8, 4) is 23.7 Å². The molecule has 0 spiro atoms. The summed E-state index contributed by atoms with van der Waals surface area (Å²) in [6.07, 6.45) is -0.536. The van der Waals surface area contributed by atoms with Crippen LogP contribution in [0.4, 0.5) is 4.79 Å². The smallest absolute Gasteiger partial charge is 0.408 e. The standard InChI is InChI=1S/C19H16N2O3/c1-23-18-10-9-16(13-20)12-17(18)8-5-11-21-19(22)24-14-15-6-3-2-4-7-15/h2-4,6-7,9-10,12H,11,14H2,1H3,(H,21,22). The SMILES string of the molecule is COc1ccc(C#N)cc1C#CCNC(=O)OCc1ccccc1. The zero-order valence-electron chi connectivity index (χ0n) is 13.2. The summed E-state index contributed by atoms with van der Waals surface area (Å²) < 4.78 is 10.3. The molecule has 0 saturated carbocycles. The molecule has 5 heteroatoms. The molecule has 0 aliphatic carbocycles. The lowest BCUT2D eigenvalue weighted by molar-refractivity contribution is 0.141. The van der Waals surface area contributed by atoms with Gasteiger partial charge >= 0.3 is 6.09 Å². The Kier molecular flexibility index (Phi) is 6.25. The van der Waals surface area contributed by atoms with E-state index >= 15 is 0 Å². The van der Waals surface area contributed by atoms with E-state index in [2.05, 4.69) is 17.2 Å². The van der Waals surface area contributed by atoms with Crippen LogP contribution in [0.3, 0.4) is 0 Å². The van der Waals surface area contributed by atoms with Gasteiger partial charge < -0.3 is 14.8 Å². The van der Waals surface area contributed by atoms with E-state index in [0.717, 1.165) is 5.56 Å². The number of carbonyl (C=O) groups excluding carboxylic acids is 1. The maximum absolute atomic E-state index is 11.6. The van der Waals surface area contributed by atoms with E-state index in [0.29, 0.717) is 16.9 Å². The first kappa shape index (κ1) is 16.9.